The zero-order chi connectivity index (χ0) is 19.4. The molecule has 3 aromatic rings. The number of aromatic nitrogens is 2. The van der Waals surface area contributed by atoms with Crippen molar-refractivity contribution in [2.24, 2.45) is 5.73 Å². The van der Waals surface area contributed by atoms with Gasteiger partial charge in [0, 0.05) is 17.8 Å². The molecule has 2 amide bonds. The van der Waals surface area contributed by atoms with Crippen molar-refractivity contribution in [1.82, 2.24) is 9.78 Å². The van der Waals surface area contributed by atoms with E-state index in [1.54, 1.807) is 30.3 Å². The second kappa shape index (κ2) is 7.96. The van der Waals surface area contributed by atoms with E-state index in [9.17, 15) is 9.59 Å². The van der Waals surface area contributed by atoms with Crippen LogP contribution in [0.15, 0.2) is 47.0 Å². The lowest BCUT2D eigenvalue weighted by Crippen LogP contribution is -2.17. The molecule has 0 spiro atoms. The molecule has 0 saturated heterocycles. The van der Waals surface area contributed by atoms with Crippen LogP contribution < -0.4 is 15.8 Å². The number of nitrogens with two attached hydrogens (primary N) is 1. The Labute approximate surface area is 159 Å². The quantitative estimate of drug-likeness (QED) is 0.645. The molecule has 0 saturated carbocycles. The average Bonchev–Trinajstić information content (AvgIpc) is 3.27. The van der Waals surface area contributed by atoms with E-state index in [0.29, 0.717) is 23.1 Å². The molecule has 0 unspecified atom stereocenters. The van der Waals surface area contributed by atoms with Crippen molar-refractivity contribution in [2.75, 3.05) is 5.32 Å². The van der Waals surface area contributed by atoms with E-state index in [1.165, 1.54) is 16.9 Å². The number of hydrogen-bond acceptors (Lipinski definition) is 5. The van der Waals surface area contributed by atoms with E-state index in [0.717, 1.165) is 0 Å². The molecule has 8 nitrogen and oxygen atoms in total. The number of primary amides is 1. The molecule has 0 bridgehead atoms. The van der Waals surface area contributed by atoms with Gasteiger partial charge in [-0.2, -0.15) is 5.10 Å². The molecule has 2 aromatic heterocycles. The summed E-state index contributed by atoms with van der Waals surface area (Å²) >= 11 is 5.90. The SMILES string of the molecule is CCn1cc(NC(=O)c2ccc(COc3cccc(Cl)c3)o2)c(C(N)=O)n1. The number of carbonyl (C=O) groups excluding carboxylic acids is 2. The number of rotatable bonds is 7. The van der Waals surface area contributed by atoms with Crippen LogP contribution in [0.1, 0.15) is 33.7 Å². The minimum atomic E-state index is -0.729. The number of anilines is 1. The Balaban J connectivity index is 1.66. The minimum absolute atomic E-state index is 0.0127. The van der Waals surface area contributed by atoms with Crippen molar-refractivity contribution in [3.63, 3.8) is 0 Å². The first-order valence-electron chi connectivity index (χ1n) is 8.12. The lowest BCUT2D eigenvalue weighted by atomic mass is 10.3. The van der Waals surface area contributed by atoms with Crippen LogP contribution in [-0.2, 0) is 13.2 Å². The van der Waals surface area contributed by atoms with Crippen molar-refractivity contribution in [3.8, 4) is 5.75 Å². The second-order valence-corrected chi connectivity index (χ2v) is 6.01. The molecule has 0 aliphatic carbocycles. The highest BCUT2D eigenvalue weighted by atomic mass is 35.5. The van der Waals surface area contributed by atoms with Crippen LogP contribution in [0.3, 0.4) is 0 Å². The average molecular weight is 389 g/mol. The minimum Gasteiger partial charge on any atom is -0.486 e. The maximum Gasteiger partial charge on any atom is 0.291 e. The van der Waals surface area contributed by atoms with E-state index >= 15 is 0 Å². The molecule has 140 valence electrons. The number of carbonyl (C=O) groups is 2. The Morgan fingerprint density at radius 2 is 2.15 bits per heavy atom. The van der Waals surface area contributed by atoms with Gasteiger partial charge in [-0.05, 0) is 37.3 Å². The first-order valence-corrected chi connectivity index (χ1v) is 8.49. The Morgan fingerprint density at radius 1 is 1.33 bits per heavy atom. The summed E-state index contributed by atoms with van der Waals surface area (Å²) < 4.78 is 12.6. The van der Waals surface area contributed by atoms with Gasteiger partial charge in [0.1, 0.15) is 18.1 Å². The number of furan rings is 1. The predicted octanol–water partition coefficient (Wildman–Crippen LogP) is 3.08. The predicted molar refractivity (Wildman–Crippen MR) is 98.9 cm³/mol. The molecule has 3 rings (SSSR count). The van der Waals surface area contributed by atoms with Gasteiger partial charge in [0.2, 0.25) is 0 Å². The standard InChI is InChI=1S/C18H17ClN4O4/c1-2-23-9-14(16(22-23)17(20)24)21-18(25)15-7-6-13(27-15)10-26-12-5-3-4-11(19)8-12/h3-9H,2,10H2,1H3,(H2,20,24)(H,21,25). The Morgan fingerprint density at radius 3 is 2.85 bits per heavy atom. The summed E-state index contributed by atoms with van der Waals surface area (Å²) in [6.45, 7) is 2.51. The summed E-state index contributed by atoms with van der Waals surface area (Å²) in [6, 6.07) is 10.1. The molecule has 1 aromatic carbocycles. The number of amides is 2. The Hall–Kier alpha value is -3.26. The lowest BCUT2D eigenvalue weighted by molar-refractivity contribution is 0.0992. The van der Waals surface area contributed by atoms with Crippen LogP contribution in [0.5, 0.6) is 5.75 Å². The van der Waals surface area contributed by atoms with E-state index in [-0.39, 0.29) is 23.7 Å². The fraction of sp³-hybridized carbons (Fsp3) is 0.167. The van der Waals surface area contributed by atoms with Crippen molar-refractivity contribution in [1.29, 1.82) is 0 Å². The number of ether oxygens (including phenoxy) is 1. The van der Waals surface area contributed by atoms with Crippen molar-refractivity contribution in [3.05, 3.63) is 64.8 Å². The largest absolute Gasteiger partial charge is 0.486 e. The molecule has 0 atom stereocenters. The fourth-order valence-electron chi connectivity index (χ4n) is 2.33. The smallest absolute Gasteiger partial charge is 0.291 e. The number of nitrogens with one attached hydrogen (secondary N) is 1. The van der Waals surface area contributed by atoms with Crippen LogP contribution in [0, 0.1) is 0 Å². The fourth-order valence-corrected chi connectivity index (χ4v) is 2.51. The zero-order valence-corrected chi connectivity index (χ0v) is 15.2. The third-order valence-corrected chi connectivity index (χ3v) is 3.86. The van der Waals surface area contributed by atoms with Gasteiger partial charge in [-0.25, -0.2) is 0 Å². The molecule has 27 heavy (non-hydrogen) atoms. The molecule has 0 radical (unpaired) electrons. The molecule has 9 heteroatoms. The van der Waals surface area contributed by atoms with Crippen LogP contribution in [0.25, 0.3) is 0 Å². The molecule has 3 N–H and O–H groups in total. The number of nitrogens with zero attached hydrogens (tertiary/aromatic N) is 2. The molecule has 0 aliphatic heterocycles. The highest BCUT2D eigenvalue weighted by Crippen LogP contribution is 2.20. The maximum atomic E-state index is 12.4. The molecular weight excluding hydrogens is 372 g/mol. The zero-order valence-electron chi connectivity index (χ0n) is 14.4. The van der Waals surface area contributed by atoms with Crippen molar-refractivity contribution >= 4 is 29.1 Å². The van der Waals surface area contributed by atoms with E-state index < -0.39 is 11.8 Å². The van der Waals surface area contributed by atoms with Gasteiger partial charge in [-0.15, -0.1) is 0 Å². The topological polar surface area (TPSA) is 112 Å². The third-order valence-electron chi connectivity index (χ3n) is 3.63. The van der Waals surface area contributed by atoms with Gasteiger partial charge in [0.05, 0.1) is 5.69 Å². The van der Waals surface area contributed by atoms with Crippen LogP contribution in [0.2, 0.25) is 5.02 Å². The molecule has 0 fully saturated rings. The summed E-state index contributed by atoms with van der Waals surface area (Å²) in [7, 11) is 0. The summed E-state index contributed by atoms with van der Waals surface area (Å²) in [4.78, 5) is 23.8. The van der Waals surface area contributed by atoms with Crippen LogP contribution >= 0.6 is 11.6 Å². The molecular formula is C18H17ClN4O4. The Bertz CT molecular complexity index is 979. The van der Waals surface area contributed by atoms with Gasteiger partial charge in [-0.3, -0.25) is 14.3 Å². The second-order valence-electron chi connectivity index (χ2n) is 5.58. The third kappa shape index (κ3) is 4.48. The highest BCUT2D eigenvalue weighted by Gasteiger charge is 2.18. The Kier molecular flexibility index (Phi) is 5.46. The van der Waals surface area contributed by atoms with E-state index in [4.69, 9.17) is 26.5 Å². The number of benzene rings is 1. The lowest BCUT2D eigenvalue weighted by Gasteiger charge is -2.04. The highest BCUT2D eigenvalue weighted by molar-refractivity contribution is 6.30. The molecule has 0 aliphatic rings. The van der Waals surface area contributed by atoms with Gasteiger partial charge >= 0.3 is 0 Å². The van der Waals surface area contributed by atoms with Gasteiger partial charge in [0.25, 0.3) is 11.8 Å². The normalized spacial score (nSPS) is 10.6. The summed E-state index contributed by atoms with van der Waals surface area (Å²) in [5, 5.41) is 7.16. The van der Waals surface area contributed by atoms with E-state index in [1.807, 2.05) is 6.92 Å². The summed E-state index contributed by atoms with van der Waals surface area (Å²) in [5.41, 5.74) is 5.50. The monoisotopic (exact) mass is 388 g/mol. The summed E-state index contributed by atoms with van der Waals surface area (Å²) in [6.07, 6.45) is 1.53. The van der Waals surface area contributed by atoms with Crippen molar-refractivity contribution < 1.29 is 18.7 Å². The van der Waals surface area contributed by atoms with E-state index in [2.05, 4.69) is 10.4 Å². The van der Waals surface area contributed by atoms with Crippen LogP contribution in [0.4, 0.5) is 5.69 Å². The van der Waals surface area contributed by atoms with Crippen LogP contribution in [-0.4, -0.2) is 21.6 Å². The van der Waals surface area contributed by atoms with Gasteiger partial charge in [-0.1, -0.05) is 17.7 Å². The number of hydrogen-bond donors (Lipinski definition) is 2. The first kappa shape index (κ1) is 18.5. The van der Waals surface area contributed by atoms with Gasteiger partial charge in [0.15, 0.2) is 11.5 Å². The number of halogens is 1. The van der Waals surface area contributed by atoms with Gasteiger partial charge < -0.3 is 20.2 Å². The maximum absolute atomic E-state index is 12.4. The number of aryl methyl sites for hydroxylation is 1. The molecule has 2 heterocycles. The summed E-state index contributed by atoms with van der Waals surface area (Å²) in [5.74, 6) is -0.142. The first-order chi connectivity index (χ1) is 13.0. The van der Waals surface area contributed by atoms with Crippen molar-refractivity contribution in [2.45, 2.75) is 20.1 Å².